The van der Waals surface area contributed by atoms with Crippen LogP contribution in [0.15, 0.2) is 18.2 Å². The van der Waals surface area contributed by atoms with E-state index in [2.05, 4.69) is 5.32 Å². The minimum atomic E-state index is -0.437. The third-order valence-electron chi connectivity index (χ3n) is 3.22. The first-order valence-corrected chi connectivity index (χ1v) is 6.76. The van der Waals surface area contributed by atoms with Gasteiger partial charge in [0, 0.05) is 24.3 Å². The molecule has 0 aromatic heterocycles. The maximum absolute atomic E-state index is 11.9. The Kier molecular flexibility index (Phi) is 3.70. The molecule has 0 spiro atoms. The van der Waals surface area contributed by atoms with Crippen LogP contribution in [-0.2, 0) is 11.2 Å². The fourth-order valence-corrected chi connectivity index (χ4v) is 2.40. The first kappa shape index (κ1) is 14.4. The van der Waals surface area contributed by atoms with E-state index in [4.69, 9.17) is 5.73 Å². The number of nitrogens with two attached hydrogens (primary N) is 1. The van der Waals surface area contributed by atoms with Gasteiger partial charge in [-0.15, -0.1) is 0 Å². The molecule has 0 unspecified atom stereocenters. The largest absolute Gasteiger partial charge is 0.351 e. The predicted molar refractivity (Wildman–Crippen MR) is 79.8 cm³/mol. The number of nitrogens with one attached hydrogen (secondary N) is 1. The van der Waals surface area contributed by atoms with E-state index in [1.165, 1.54) is 0 Å². The molecule has 108 valence electrons. The van der Waals surface area contributed by atoms with E-state index in [9.17, 15) is 9.59 Å². The molecule has 5 nitrogen and oxygen atoms in total. The number of hydrogen-bond acceptors (Lipinski definition) is 2. The van der Waals surface area contributed by atoms with E-state index >= 15 is 0 Å². The van der Waals surface area contributed by atoms with Gasteiger partial charge in [0.25, 0.3) is 0 Å². The van der Waals surface area contributed by atoms with Crippen molar-refractivity contribution in [2.45, 2.75) is 33.6 Å². The van der Waals surface area contributed by atoms with E-state index in [0.717, 1.165) is 23.4 Å². The molecule has 0 aliphatic carbocycles. The number of anilines is 2. The van der Waals surface area contributed by atoms with Crippen LogP contribution in [0.25, 0.3) is 0 Å². The summed E-state index contributed by atoms with van der Waals surface area (Å²) >= 11 is 0. The fourth-order valence-electron chi connectivity index (χ4n) is 2.40. The molecule has 0 saturated carbocycles. The van der Waals surface area contributed by atoms with Crippen molar-refractivity contribution in [3.8, 4) is 0 Å². The Balaban J connectivity index is 2.10. The SMILES string of the molecule is CC(C)(C)CC(=O)Nc1ccc2c(c1)CCN2C(N)=O. The molecule has 3 N–H and O–H groups in total. The zero-order valence-corrected chi connectivity index (χ0v) is 12.2. The van der Waals surface area contributed by atoms with Crippen molar-refractivity contribution >= 4 is 23.3 Å². The average molecular weight is 275 g/mol. The molecule has 0 radical (unpaired) electrons. The van der Waals surface area contributed by atoms with Gasteiger partial charge in [-0.2, -0.15) is 0 Å². The summed E-state index contributed by atoms with van der Waals surface area (Å²) in [5, 5.41) is 2.90. The second-order valence-electron chi connectivity index (χ2n) is 6.37. The molecule has 5 heteroatoms. The number of urea groups is 1. The number of carbonyl (C=O) groups excluding carboxylic acids is 2. The van der Waals surface area contributed by atoms with Crippen molar-refractivity contribution in [2.24, 2.45) is 11.1 Å². The standard InChI is InChI=1S/C15H21N3O2/c1-15(2,3)9-13(19)17-11-4-5-12-10(8-11)6-7-18(12)14(16)20/h4-5,8H,6-7,9H2,1-3H3,(H2,16,20)(H,17,19). The highest BCUT2D eigenvalue weighted by atomic mass is 16.2. The smallest absolute Gasteiger partial charge is 0.319 e. The summed E-state index contributed by atoms with van der Waals surface area (Å²) < 4.78 is 0. The number of hydrogen-bond donors (Lipinski definition) is 2. The van der Waals surface area contributed by atoms with Gasteiger partial charge < -0.3 is 11.1 Å². The number of amides is 3. The molecule has 0 saturated heterocycles. The normalized spacial score (nSPS) is 14.1. The monoisotopic (exact) mass is 275 g/mol. The maximum Gasteiger partial charge on any atom is 0.319 e. The van der Waals surface area contributed by atoms with E-state index in [1.54, 1.807) is 11.0 Å². The van der Waals surface area contributed by atoms with Crippen molar-refractivity contribution in [3.05, 3.63) is 23.8 Å². The quantitative estimate of drug-likeness (QED) is 0.870. The minimum Gasteiger partial charge on any atom is -0.351 e. The lowest BCUT2D eigenvalue weighted by molar-refractivity contribution is -0.117. The Morgan fingerprint density at radius 3 is 2.65 bits per heavy atom. The van der Waals surface area contributed by atoms with E-state index in [0.29, 0.717) is 13.0 Å². The Labute approximate surface area is 119 Å². The Bertz CT molecular complexity index is 547. The molecule has 1 aromatic carbocycles. The molecule has 0 bridgehead atoms. The summed E-state index contributed by atoms with van der Waals surface area (Å²) in [5.41, 5.74) is 7.93. The van der Waals surface area contributed by atoms with Crippen LogP contribution in [0.3, 0.4) is 0 Å². The number of primary amides is 1. The molecule has 0 atom stereocenters. The van der Waals surface area contributed by atoms with Gasteiger partial charge in [-0.25, -0.2) is 4.79 Å². The van der Waals surface area contributed by atoms with Gasteiger partial charge in [0.05, 0.1) is 0 Å². The summed E-state index contributed by atoms with van der Waals surface area (Å²) in [6.45, 7) is 6.68. The molecule has 1 aromatic rings. The van der Waals surface area contributed by atoms with Gasteiger partial charge in [0.15, 0.2) is 0 Å². The minimum absolute atomic E-state index is 0.00204. The molecule has 1 heterocycles. The zero-order chi connectivity index (χ0) is 14.9. The van der Waals surface area contributed by atoms with Crippen molar-refractivity contribution < 1.29 is 9.59 Å². The van der Waals surface area contributed by atoms with Gasteiger partial charge in [0.2, 0.25) is 5.91 Å². The molecule has 3 amide bonds. The van der Waals surface area contributed by atoms with E-state index in [1.807, 2.05) is 32.9 Å². The Morgan fingerprint density at radius 1 is 1.35 bits per heavy atom. The highest BCUT2D eigenvalue weighted by Crippen LogP contribution is 2.30. The summed E-state index contributed by atoms with van der Waals surface area (Å²) in [5.74, 6) is 0.00204. The second-order valence-corrected chi connectivity index (χ2v) is 6.37. The second kappa shape index (κ2) is 5.15. The summed E-state index contributed by atoms with van der Waals surface area (Å²) in [4.78, 5) is 24.7. The average Bonchev–Trinajstić information content (AvgIpc) is 2.68. The number of benzene rings is 1. The third kappa shape index (κ3) is 3.29. The van der Waals surface area contributed by atoms with Crippen LogP contribution in [0, 0.1) is 5.41 Å². The molecule has 20 heavy (non-hydrogen) atoms. The van der Waals surface area contributed by atoms with Crippen LogP contribution in [0.1, 0.15) is 32.8 Å². The molecule has 1 aliphatic rings. The van der Waals surface area contributed by atoms with Crippen molar-refractivity contribution in [2.75, 3.05) is 16.8 Å². The van der Waals surface area contributed by atoms with Gasteiger partial charge in [0.1, 0.15) is 0 Å². The van der Waals surface area contributed by atoms with Gasteiger partial charge in [-0.3, -0.25) is 9.69 Å². The van der Waals surface area contributed by atoms with Crippen molar-refractivity contribution in [3.63, 3.8) is 0 Å². The zero-order valence-electron chi connectivity index (χ0n) is 12.2. The lowest BCUT2D eigenvalue weighted by Gasteiger charge is -2.18. The maximum atomic E-state index is 11.9. The molecular formula is C15H21N3O2. The van der Waals surface area contributed by atoms with E-state index in [-0.39, 0.29) is 11.3 Å². The van der Waals surface area contributed by atoms with Gasteiger partial charge in [-0.1, -0.05) is 20.8 Å². The predicted octanol–water partition coefficient (Wildman–Crippen LogP) is 2.50. The van der Waals surface area contributed by atoms with Gasteiger partial charge >= 0.3 is 6.03 Å². The number of carbonyl (C=O) groups is 2. The lowest BCUT2D eigenvalue weighted by Crippen LogP contribution is -2.33. The van der Waals surface area contributed by atoms with Crippen LogP contribution < -0.4 is 16.0 Å². The summed E-state index contributed by atoms with van der Waals surface area (Å²) in [6, 6.07) is 5.12. The summed E-state index contributed by atoms with van der Waals surface area (Å²) in [7, 11) is 0. The molecule has 2 rings (SSSR count). The molecule has 1 aliphatic heterocycles. The molecule has 0 fully saturated rings. The van der Waals surface area contributed by atoms with Crippen molar-refractivity contribution in [1.82, 2.24) is 0 Å². The third-order valence-corrected chi connectivity index (χ3v) is 3.22. The first-order valence-electron chi connectivity index (χ1n) is 6.76. The summed E-state index contributed by atoms with van der Waals surface area (Å²) in [6.07, 6.45) is 1.23. The highest BCUT2D eigenvalue weighted by Gasteiger charge is 2.23. The van der Waals surface area contributed by atoms with Gasteiger partial charge in [-0.05, 0) is 35.6 Å². The van der Waals surface area contributed by atoms with Crippen LogP contribution in [0.2, 0.25) is 0 Å². The van der Waals surface area contributed by atoms with E-state index < -0.39 is 6.03 Å². The fraction of sp³-hybridized carbons (Fsp3) is 0.467. The van der Waals surface area contributed by atoms with Crippen LogP contribution in [-0.4, -0.2) is 18.5 Å². The number of rotatable bonds is 2. The highest BCUT2D eigenvalue weighted by molar-refractivity contribution is 5.95. The van der Waals surface area contributed by atoms with Crippen LogP contribution in [0.4, 0.5) is 16.2 Å². The topological polar surface area (TPSA) is 75.4 Å². The first-order chi connectivity index (χ1) is 9.26. The van der Waals surface area contributed by atoms with Crippen LogP contribution in [0.5, 0.6) is 0 Å². The Hall–Kier alpha value is -2.04. The lowest BCUT2D eigenvalue weighted by atomic mass is 9.92. The van der Waals surface area contributed by atoms with Crippen molar-refractivity contribution in [1.29, 1.82) is 0 Å². The molecular weight excluding hydrogens is 254 g/mol. The van der Waals surface area contributed by atoms with Crippen LogP contribution >= 0.6 is 0 Å². The Morgan fingerprint density at radius 2 is 2.05 bits per heavy atom. The number of fused-ring (bicyclic) bond motifs is 1. The number of nitrogens with zero attached hydrogens (tertiary/aromatic N) is 1.